The molecule has 1 N–H and O–H groups in total. The second-order valence-electron chi connectivity index (χ2n) is 3.87. The number of aliphatic carboxylic acids is 1. The van der Waals surface area contributed by atoms with Gasteiger partial charge in [-0.25, -0.2) is 4.79 Å². The third-order valence-corrected chi connectivity index (χ3v) is 2.00. The highest BCUT2D eigenvalue weighted by atomic mass is 16.5. The standard InChI is InChI=1S/C12H15NO4/c1-13(2)7-11(14)9-3-5-10(6-4-9)17-8-12(15)16/h3-6H,7-8H2,1-2H3,(H,15,16). The van der Waals surface area contributed by atoms with Gasteiger partial charge < -0.3 is 14.7 Å². The second-order valence-corrected chi connectivity index (χ2v) is 3.87. The van der Waals surface area contributed by atoms with Crippen LogP contribution in [0.15, 0.2) is 24.3 Å². The number of likely N-dealkylation sites (N-methyl/N-ethyl adjacent to an activating group) is 1. The Morgan fingerprint density at radius 3 is 2.29 bits per heavy atom. The predicted molar refractivity (Wildman–Crippen MR) is 62.5 cm³/mol. The number of hydrogen-bond acceptors (Lipinski definition) is 4. The van der Waals surface area contributed by atoms with E-state index in [2.05, 4.69) is 0 Å². The lowest BCUT2D eigenvalue weighted by molar-refractivity contribution is -0.139. The van der Waals surface area contributed by atoms with Gasteiger partial charge in [-0.05, 0) is 38.4 Å². The van der Waals surface area contributed by atoms with E-state index in [4.69, 9.17) is 9.84 Å². The Bertz CT molecular complexity index is 397. The molecule has 0 unspecified atom stereocenters. The minimum absolute atomic E-state index is 0.0137. The minimum Gasteiger partial charge on any atom is -0.482 e. The maximum absolute atomic E-state index is 11.7. The van der Waals surface area contributed by atoms with Gasteiger partial charge in [0.2, 0.25) is 0 Å². The van der Waals surface area contributed by atoms with Crippen molar-refractivity contribution in [1.29, 1.82) is 0 Å². The summed E-state index contributed by atoms with van der Waals surface area (Å²) in [6.45, 7) is -0.0413. The molecule has 5 nitrogen and oxygen atoms in total. The normalized spacial score (nSPS) is 10.3. The summed E-state index contributed by atoms with van der Waals surface area (Å²) in [5, 5.41) is 8.43. The topological polar surface area (TPSA) is 66.8 Å². The number of nitrogens with zero attached hydrogens (tertiary/aromatic N) is 1. The maximum atomic E-state index is 11.7. The molecule has 0 aliphatic heterocycles. The SMILES string of the molecule is CN(C)CC(=O)c1ccc(OCC(=O)O)cc1. The van der Waals surface area contributed by atoms with Gasteiger partial charge in [0.25, 0.3) is 0 Å². The van der Waals surface area contributed by atoms with E-state index >= 15 is 0 Å². The minimum atomic E-state index is -1.03. The fourth-order valence-electron chi connectivity index (χ4n) is 1.26. The van der Waals surface area contributed by atoms with Crippen molar-refractivity contribution in [2.45, 2.75) is 0 Å². The molecule has 17 heavy (non-hydrogen) atoms. The highest BCUT2D eigenvalue weighted by Crippen LogP contribution is 2.12. The van der Waals surface area contributed by atoms with Crippen molar-refractivity contribution in [1.82, 2.24) is 4.90 Å². The first-order chi connectivity index (χ1) is 7.99. The van der Waals surface area contributed by atoms with Crippen LogP contribution in [0.5, 0.6) is 5.75 Å². The van der Waals surface area contributed by atoms with Gasteiger partial charge in [-0.15, -0.1) is 0 Å². The molecule has 0 aromatic heterocycles. The molecule has 0 spiro atoms. The molecule has 92 valence electrons. The summed E-state index contributed by atoms with van der Waals surface area (Å²) in [6, 6.07) is 6.43. The van der Waals surface area contributed by atoms with Crippen LogP contribution in [-0.4, -0.2) is 49.0 Å². The third-order valence-electron chi connectivity index (χ3n) is 2.00. The summed E-state index contributed by atoms with van der Waals surface area (Å²) in [5.74, 6) is -0.577. The summed E-state index contributed by atoms with van der Waals surface area (Å²) < 4.78 is 4.96. The summed E-state index contributed by atoms with van der Waals surface area (Å²) in [5.41, 5.74) is 0.585. The van der Waals surface area contributed by atoms with Crippen LogP contribution in [0.4, 0.5) is 0 Å². The van der Waals surface area contributed by atoms with Crippen LogP contribution in [0.3, 0.4) is 0 Å². The van der Waals surface area contributed by atoms with Crippen molar-refractivity contribution >= 4 is 11.8 Å². The van der Waals surface area contributed by atoms with Crippen molar-refractivity contribution in [2.75, 3.05) is 27.2 Å². The first-order valence-corrected chi connectivity index (χ1v) is 5.11. The highest BCUT2D eigenvalue weighted by Gasteiger charge is 2.07. The average Bonchev–Trinajstić information content (AvgIpc) is 2.26. The molecular weight excluding hydrogens is 222 g/mol. The predicted octanol–water partition coefficient (Wildman–Crippen LogP) is 0.894. The number of hydrogen-bond donors (Lipinski definition) is 1. The fraction of sp³-hybridized carbons (Fsp3) is 0.333. The molecule has 0 atom stereocenters. The monoisotopic (exact) mass is 237 g/mol. The average molecular weight is 237 g/mol. The van der Waals surface area contributed by atoms with Crippen LogP contribution in [0.25, 0.3) is 0 Å². The quantitative estimate of drug-likeness (QED) is 0.744. The first kappa shape index (κ1) is 13.2. The molecule has 0 fully saturated rings. The van der Waals surface area contributed by atoms with E-state index in [9.17, 15) is 9.59 Å². The zero-order chi connectivity index (χ0) is 12.8. The molecule has 1 rings (SSSR count). The van der Waals surface area contributed by atoms with E-state index in [0.717, 1.165) is 0 Å². The number of rotatable bonds is 6. The van der Waals surface area contributed by atoms with E-state index < -0.39 is 5.97 Å². The first-order valence-electron chi connectivity index (χ1n) is 5.11. The zero-order valence-corrected chi connectivity index (χ0v) is 9.84. The molecular formula is C12H15NO4. The largest absolute Gasteiger partial charge is 0.482 e. The van der Waals surface area contributed by atoms with Crippen LogP contribution in [0.2, 0.25) is 0 Å². The van der Waals surface area contributed by atoms with E-state index in [0.29, 0.717) is 17.9 Å². The van der Waals surface area contributed by atoms with Gasteiger partial charge in [0.1, 0.15) is 5.75 Å². The Morgan fingerprint density at radius 2 is 1.82 bits per heavy atom. The van der Waals surface area contributed by atoms with Crippen LogP contribution >= 0.6 is 0 Å². The summed E-state index contributed by atoms with van der Waals surface area (Å²) >= 11 is 0. The Morgan fingerprint density at radius 1 is 1.24 bits per heavy atom. The van der Waals surface area contributed by atoms with Gasteiger partial charge in [0, 0.05) is 5.56 Å². The van der Waals surface area contributed by atoms with Crippen molar-refractivity contribution in [2.24, 2.45) is 0 Å². The maximum Gasteiger partial charge on any atom is 0.341 e. The van der Waals surface area contributed by atoms with Crippen LogP contribution in [0.1, 0.15) is 10.4 Å². The third kappa shape index (κ3) is 4.65. The molecule has 0 amide bonds. The summed E-state index contributed by atoms with van der Waals surface area (Å²) in [4.78, 5) is 23.7. The van der Waals surface area contributed by atoms with Crippen molar-refractivity contribution in [3.8, 4) is 5.75 Å². The molecule has 0 aliphatic carbocycles. The van der Waals surface area contributed by atoms with Crippen molar-refractivity contribution < 1.29 is 19.4 Å². The highest BCUT2D eigenvalue weighted by molar-refractivity contribution is 5.97. The summed E-state index contributed by atoms with van der Waals surface area (Å²) in [6.07, 6.45) is 0. The van der Waals surface area contributed by atoms with E-state index in [1.165, 1.54) is 0 Å². The van der Waals surface area contributed by atoms with Gasteiger partial charge >= 0.3 is 5.97 Å². The molecule has 0 aliphatic rings. The van der Waals surface area contributed by atoms with Crippen LogP contribution < -0.4 is 4.74 Å². The molecule has 0 heterocycles. The molecule has 1 aromatic carbocycles. The molecule has 1 aromatic rings. The van der Waals surface area contributed by atoms with Gasteiger partial charge in [0.05, 0.1) is 6.54 Å². The van der Waals surface area contributed by atoms with Crippen LogP contribution in [0, 0.1) is 0 Å². The summed E-state index contributed by atoms with van der Waals surface area (Å²) in [7, 11) is 3.64. The number of benzene rings is 1. The van der Waals surface area contributed by atoms with Gasteiger partial charge in [-0.2, -0.15) is 0 Å². The molecule has 0 radical (unpaired) electrons. The lowest BCUT2D eigenvalue weighted by atomic mass is 10.1. The lowest BCUT2D eigenvalue weighted by Crippen LogP contribution is -2.21. The molecule has 0 saturated carbocycles. The molecule has 5 heteroatoms. The van der Waals surface area contributed by atoms with E-state index in [1.807, 2.05) is 14.1 Å². The fourth-order valence-corrected chi connectivity index (χ4v) is 1.26. The van der Waals surface area contributed by atoms with Crippen molar-refractivity contribution in [3.63, 3.8) is 0 Å². The van der Waals surface area contributed by atoms with E-state index in [1.54, 1.807) is 29.2 Å². The van der Waals surface area contributed by atoms with Gasteiger partial charge in [-0.3, -0.25) is 4.79 Å². The Labute approximate surface area is 99.6 Å². The Kier molecular flexibility index (Phi) is 4.66. The van der Waals surface area contributed by atoms with E-state index in [-0.39, 0.29) is 12.4 Å². The van der Waals surface area contributed by atoms with Crippen LogP contribution in [-0.2, 0) is 4.79 Å². The second kappa shape index (κ2) is 6.00. The van der Waals surface area contributed by atoms with Crippen molar-refractivity contribution in [3.05, 3.63) is 29.8 Å². The lowest BCUT2D eigenvalue weighted by Gasteiger charge is -2.08. The zero-order valence-electron chi connectivity index (χ0n) is 9.84. The number of ether oxygens (including phenoxy) is 1. The number of carboxylic acids is 1. The molecule has 0 saturated heterocycles. The number of ketones is 1. The van der Waals surface area contributed by atoms with Gasteiger partial charge in [0.15, 0.2) is 12.4 Å². The smallest absolute Gasteiger partial charge is 0.341 e. The Balaban J connectivity index is 2.61. The van der Waals surface area contributed by atoms with Gasteiger partial charge in [-0.1, -0.05) is 0 Å². The number of carbonyl (C=O) groups is 2. The number of Topliss-reactive ketones (excluding diaryl/α,β-unsaturated/α-hetero) is 1. The molecule has 0 bridgehead atoms. The number of carboxylic acid groups (broad SMARTS) is 1. The number of carbonyl (C=O) groups excluding carboxylic acids is 1. The Hall–Kier alpha value is -1.88.